The van der Waals surface area contributed by atoms with Crippen molar-refractivity contribution < 1.29 is 9.84 Å². The highest BCUT2D eigenvalue weighted by Gasteiger charge is 2.16. The summed E-state index contributed by atoms with van der Waals surface area (Å²) in [5.41, 5.74) is 6.79. The second-order valence-electron chi connectivity index (χ2n) is 6.70. The van der Waals surface area contributed by atoms with E-state index in [0.717, 1.165) is 55.6 Å². The summed E-state index contributed by atoms with van der Waals surface area (Å²) in [7, 11) is 1.66. The van der Waals surface area contributed by atoms with E-state index < -0.39 is 0 Å². The molecular weight excluding hydrogens is 336 g/mol. The van der Waals surface area contributed by atoms with Crippen molar-refractivity contribution >= 4 is 33.2 Å². The van der Waals surface area contributed by atoms with E-state index in [2.05, 4.69) is 18.3 Å². The van der Waals surface area contributed by atoms with Crippen molar-refractivity contribution in [3.05, 3.63) is 71.3 Å². The number of hydrogen-bond donors (Lipinski definition) is 2. The maximum absolute atomic E-state index is 10.00. The highest BCUT2D eigenvalue weighted by atomic mass is 16.5. The number of aliphatic hydroxyl groups excluding tert-OH is 1. The molecule has 0 atom stereocenters. The number of rotatable bonds is 4. The summed E-state index contributed by atoms with van der Waals surface area (Å²) < 4.78 is 5.36. The number of fused-ring (bicyclic) bond motifs is 2. The van der Waals surface area contributed by atoms with Crippen LogP contribution in [0.15, 0.2) is 54.6 Å². The fourth-order valence-electron chi connectivity index (χ4n) is 3.52. The van der Waals surface area contributed by atoms with Crippen LogP contribution < -0.4 is 10.1 Å². The number of benzene rings is 3. The van der Waals surface area contributed by atoms with E-state index in [0.29, 0.717) is 0 Å². The normalized spacial score (nSPS) is 11.1. The molecule has 4 rings (SSSR count). The van der Waals surface area contributed by atoms with Crippen molar-refractivity contribution in [2.45, 2.75) is 20.5 Å². The lowest BCUT2D eigenvalue weighted by Crippen LogP contribution is -2.03. The maximum Gasteiger partial charge on any atom is 0.119 e. The molecule has 0 aliphatic heterocycles. The molecule has 0 aliphatic carbocycles. The molecule has 1 heterocycles. The molecule has 4 aromatic rings. The summed E-state index contributed by atoms with van der Waals surface area (Å²) in [4.78, 5) is 4.87. The van der Waals surface area contributed by atoms with Gasteiger partial charge in [0.2, 0.25) is 0 Å². The zero-order chi connectivity index (χ0) is 19.0. The highest BCUT2D eigenvalue weighted by Crippen LogP contribution is 2.37. The van der Waals surface area contributed by atoms with Crippen LogP contribution in [0.4, 0.5) is 11.4 Å². The maximum atomic E-state index is 10.00. The monoisotopic (exact) mass is 358 g/mol. The zero-order valence-corrected chi connectivity index (χ0v) is 15.7. The third-order valence-electron chi connectivity index (χ3n) is 5.17. The van der Waals surface area contributed by atoms with E-state index in [1.54, 1.807) is 7.11 Å². The highest BCUT2D eigenvalue weighted by molar-refractivity contribution is 6.03. The molecule has 0 saturated heterocycles. The van der Waals surface area contributed by atoms with Crippen molar-refractivity contribution in [1.29, 1.82) is 0 Å². The molecule has 0 unspecified atom stereocenters. The first kappa shape index (κ1) is 17.3. The fourth-order valence-corrected chi connectivity index (χ4v) is 3.52. The van der Waals surface area contributed by atoms with Crippen LogP contribution in [0.1, 0.15) is 16.7 Å². The minimum absolute atomic E-state index is 0.0382. The van der Waals surface area contributed by atoms with Gasteiger partial charge in [0.1, 0.15) is 5.75 Å². The van der Waals surface area contributed by atoms with Crippen molar-refractivity contribution in [3.8, 4) is 5.75 Å². The Morgan fingerprint density at radius 3 is 2.48 bits per heavy atom. The molecule has 3 aromatic carbocycles. The minimum atomic E-state index is -0.0382. The Bertz CT molecular complexity index is 1140. The molecule has 1 aromatic heterocycles. The molecular formula is C23H22N2O2. The van der Waals surface area contributed by atoms with Gasteiger partial charge in [-0.3, -0.25) is 0 Å². The predicted octanol–water partition coefficient (Wildman–Crippen LogP) is 5.25. The third kappa shape index (κ3) is 2.98. The van der Waals surface area contributed by atoms with Crippen molar-refractivity contribution in [3.63, 3.8) is 0 Å². The quantitative estimate of drug-likeness (QED) is 0.489. The molecule has 4 heteroatoms. The fraction of sp³-hybridized carbons (Fsp3) is 0.174. The number of anilines is 2. The van der Waals surface area contributed by atoms with Crippen LogP contribution in [0.5, 0.6) is 5.75 Å². The Balaban J connectivity index is 2.05. The largest absolute Gasteiger partial charge is 0.497 e. The Kier molecular flexibility index (Phi) is 4.42. The Hall–Kier alpha value is -3.11. The summed E-state index contributed by atoms with van der Waals surface area (Å²) in [6.45, 7) is 4.08. The van der Waals surface area contributed by atoms with E-state index in [1.165, 1.54) is 0 Å². The summed E-state index contributed by atoms with van der Waals surface area (Å²) >= 11 is 0. The molecule has 0 bridgehead atoms. The van der Waals surface area contributed by atoms with Crippen molar-refractivity contribution in [1.82, 2.24) is 4.98 Å². The summed E-state index contributed by atoms with van der Waals surface area (Å²) in [5, 5.41) is 15.5. The molecule has 0 spiro atoms. The molecule has 0 radical (unpaired) electrons. The number of aliphatic hydroxyl groups is 1. The van der Waals surface area contributed by atoms with Gasteiger partial charge in [-0.2, -0.15) is 0 Å². The lowest BCUT2D eigenvalue weighted by molar-refractivity contribution is 0.282. The number of nitrogens with zero attached hydrogens (tertiary/aromatic N) is 1. The van der Waals surface area contributed by atoms with Gasteiger partial charge in [0.05, 0.1) is 30.4 Å². The van der Waals surface area contributed by atoms with Crippen LogP contribution in [0.25, 0.3) is 21.8 Å². The van der Waals surface area contributed by atoms with Gasteiger partial charge < -0.3 is 15.2 Å². The smallest absolute Gasteiger partial charge is 0.119 e. The lowest BCUT2D eigenvalue weighted by Gasteiger charge is -2.19. The summed E-state index contributed by atoms with van der Waals surface area (Å²) in [6, 6.07) is 18.1. The number of aromatic nitrogens is 1. The molecule has 27 heavy (non-hydrogen) atoms. The minimum Gasteiger partial charge on any atom is -0.497 e. The molecule has 0 amide bonds. The van der Waals surface area contributed by atoms with Gasteiger partial charge in [0.15, 0.2) is 0 Å². The van der Waals surface area contributed by atoms with Gasteiger partial charge in [-0.1, -0.05) is 18.2 Å². The number of hydrogen-bond acceptors (Lipinski definition) is 4. The number of methoxy groups -OCH3 is 1. The molecule has 0 aliphatic rings. The Labute approximate surface area is 158 Å². The van der Waals surface area contributed by atoms with Crippen LogP contribution in [-0.2, 0) is 6.61 Å². The van der Waals surface area contributed by atoms with Crippen molar-refractivity contribution in [2.75, 3.05) is 12.4 Å². The Morgan fingerprint density at radius 1 is 1.00 bits per heavy atom. The first-order valence-corrected chi connectivity index (χ1v) is 8.96. The molecule has 0 fully saturated rings. The van der Waals surface area contributed by atoms with Crippen molar-refractivity contribution in [2.24, 2.45) is 0 Å². The SMILES string of the molecule is COc1ccc2nc3c(CO)c(C)c(C)c(Nc4ccccc4)c3cc2c1. The topological polar surface area (TPSA) is 54.4 Å². The molecule has 2 N–H and O–H groups in total. The van der Waals surface area contributed by atoms with Gasteiger partial charge in [-0.25, -0.2) is 4.98 Å². The molecule has 136 valence electrons. The van der Waals surface area contributed by atoms with E-state index in [4.69, 9.17) is 9.72 Å². The zero-order valence-electron chi connectivity index (χ0n) is 15.7. The average molecular weight is 358 g/mol. The average Bonchev–Trinajstić information content (AvgIpc) is 2.71. The van der Waals surface area contributed by atoms with E-state index in [1.807, 2.05) is 55.5 Å². The number of para-hydroxylation sites is 1. The van der Waals surface area contributed by atoms with Gasteiger partial charge in [0.25, 0.3) is 0 Å². The summed E-state index contributed by atoms with van der Waals surface area (Å²) in [6.07, 6.45) is 0. The van der Waals surface area contributed by atoms with E-state index in [-0.39, 0.29) is 6.61 Å². The van der Waals surface area contributed by atoms with Gasteiger partial charge in [-0.05, 0) is 61.4 Å². The van der Waals surface area contributed by atoms with Gasteiger partial charge >= 0.3 is 0 Å². The summed E-state index contributed by atoms with van der Waals surface area (Å²) in [5.74, 6) is 0.799. The van der Waals surface area contributed by atoms with Crippen LogP contribution in [0, 0.1) is 13.8 Å². The third-order valence-corrected chi connectivity index (χ3v) is 5.17. The Morgan fingerprint density at radius 2 is 1.78 bits per heavy atom. The van der Waals surface area contributed by atoms with Crippen LogP contribution in [0.3, 0.4) is 0 Å². The van der Waals surface area contributed by atoms with E-state index >= 15 is 0 Å². The van der Waals surface area contributed by atoms with Crippen LogP contribution in [-0.4, -0.2) is 17.2 Å². The predicted molar refractivity (Wildman–Crippen MR) is 111 cm³/mol. The standard InChI is InChI=1S/C23H22N2O2/c1-14-15(2)22(24-17-7-5-4-6-8-17)19-12-16-11-18(27-3)9-10-21(16)25-23(19)20(14)13-26/h4-12,24,26H,13H2,1-3H3. The van der Waals surface area contributed by atoms with Gasteiger partial charge in [0, 0.05) is 22.0 Å². The first-order valence-electron chi connectivity index (χ1n) is 8.96. The van der Waals surface area contributed by atoms with E-state index in [9.17, 15) is 5.11 Å². The second kappa shape index (κ2) is 6.89. The molecule has 4 nitrogen and oxygen atoms in total. The first-order chi connectivity index (χ1) is 13.1. The van der Waals surface area contributed by atoms with Crippen LogP contribution >= 0.6 is 0 Å². The lowest BCUT2D eigenvalue weighted by atomic mass is 9.95. The second-order valence-corrected chi connectivity index (χ2v) is 6.70. The number of ether oxygens (including phenoxy) is 1. The number of pyridine rings is 1. The number of nitrogens with one attached hydrogen (secondary N) is 1. The van der Waals surface area contributed by atoms with Gasteiger partial charge in [-0.15, -0.1) is 0 Å². The van der Waals surface area contributed by atoms with Crippen LogP contribution in [0.2, 0.25) is 0 Å². The molecule has 0 saturated carbocycles.